The number of amidine groups is 1. The normalized spacial score (nSPS) is 16.6. The van der Waals surface area contributed by atoms with E-state index < -0.39 is 0 Å². The molecule has 0 unspecified atom stereocenters. The highest BCUT2D eigenvalue weighted by molar-refractivity contribution is 9.10. The van der Waals surface area contributed by atoms with Crippen molar-refractivity contribution in [1.82, 2.24) is 5.32 Å². The van der Waals surface area contributed by atoms with E-state index in [1.807, 2.05) is 31.2 Å². The van der Waals surface area contributed by atoms with Crippen molar-refractivity contribution in [1.29, 1.82) is 0 Å². The number of phenolic OH excluding ortho intramolecular Hbond substituents is 1. The Morgan fingerprint density at radius 3 is 2.70 bits per heavy atom. The van der Waals surface area contributed by atoms with Crippen molar-refractivity contribution in [2.24, 2.45) is 4.99 Å². The lowest BCUT2D eigenvalue weighted by Gasteiger charge is -2.07. The van der Waals surface area contributed by atoms with Gasteiger partial charge in [0, 0.05) is 10.0 Å². The molecule has 27 heavy (non-hydrogen) atoms. The summed E-state index contributed by atoms with van der Waals surface area (Å²) in [5.74, 6) is 0.786. The third-order valence-corrected chi connectivity index (χ3v) is 4.97. The summed E-state index contributed by atoms with van der Waals surface area (Å²) in [6.45, 7) is 2.52. The highest BCUT2D eigenvalue weighted by Gasteiger charge is 2.24. The number of hydrogen-bond donors (Lipinski definition) is 2. The number of aliphatic imine (C=N–C) groups is 1. The lowest BCUT2D eigenvalue weighted by molar-refractivity contribution is -0.115. The van der Waals surface area contributed by atoms with Crippen LogP contribution in [0.1, 0.15) is 12.5 Å². The van der Waals surface area contributed by atoms with Crippen LogP contribution in [0.25, 0.3) is 6.08 Å². The first-order valence-electron chi connectivity index (χ1n) is 8.09. The SMILES string of the molecule is CCOc1ccc(N=C2NC(=O)C(=Cc3cc(Br)cc(OC)c3O)S2)cc1. The maximum Gasteiger partial charge on any atom is 0.264 e. The molecular formula is C19H17BrN2O4S. The van der Waals surface area contributed by atoms with Crippen molar-refractivity contribution >= 4 is 50.5 Å². The molecule has 3 rings (SSSR count). The van der Waals surface area contributed by atoms with Crippen molar-refractivity contribution < 1.29 is 19.4 Å². The fraction of sp³-hybridized carbons (Fsp3) is 0.158. The Morgan fingerprint density at radius 1 is 1.30 bits per heavy atom. The molecule has 1 amide bonds. The van der Waals surface area contributed by atoms with Gasteiger partial charge in [0.25, 0.3) is 5.91 Å². The van der Waals surface area contributed by atoms with E-state index in [0.717, 1.165) is 10.2 Å². The molecule has 140 valence electrons. The number of halogens is 1. The highest BCUT2D eigenvalue weighted by atomic mass is 79.9. The van der Waals surface area contributed by atoms with Gasteiger partial charge in [-0.2, -0.15) is 0 Å². The van der Waals surface area contributed by atoms with E-state index in [4.69, 9.17) is 9.47 Å². The predicted octanol–water partition coefficient (Wildman–Crippen LogP) is 4.45. The van der Waals surface area contributed by atoms with E-state index in [2.05, 4.69) is 26.2 Å². The maximum absolute atomic E-state index is 12.2. The van der Waals surface area contributed by atoms with Crippen molar-refractivity contribution in [2.75, 3.05) is 13.7 Å². The molecule has 2 aromatic rings. The van der Waals surface area contributed by atoms with Gasteiger partial charge in [0.05, 0.1) is 24.3 Å². The molecule has 0 aliphatic carbocycles. The third-order valence-electron chi connectivity index (χ3n) is 3.60. The van der Waals surface area contributed by atoms with Crippen LogP contribution in [-0.4, -0.2) is 29.9 Å². The average molecular weight is 449 g/mol. The van der Waals surface area contributed by atoms with Gasteiger partial charge in [-0.15, -0.1) is 0 Å². The van der Waals surface area contributed by atoms with E-state index in [0.29, 0.717) is 33.7 Å². The number of rotatable bonds is 5. The Bertz CT molecular complexity index is 926. The van der Waals surface area contributed by atoms with Gasteiger partial charge in [-0.25, -0.2) is 4.99 Å². The second-order valence-corrected chi connectivity index (χ2v) is 7.40. The summed E-state index contributed by atoms with van der Waals surface area (Å²) < 4.78 is 11.3. The number of nitrogens with one attached hydrogen (secondary N) is 1. The zero-order valence-corrected chi connectivity index (χ0v) is 17.1. The van der Waals surface area contributed by atoms with E-state index in [1.54, 1.807) is 18.2 Å². The Kier molecular flexibility index (Phi) is 6.08. The molecule has 1 saturated heterocycles. The molecule has 0 atom stereocenters. The molecule has 0 bridgehead atoms. The molecular weight excluding hydrogens is 432 g/mol. The van der Waals surface area contributed by atoms with Gasteiger partial charge >= 0.3 is 0 Å². The molecule has 8 heteroatoms. The van der Waals surface area contributed by atoms with Gasteiger partial charge < -0.3 is 19.9 Å². The van der Waals surface area contributed by atoms with Crippen LogP contribution >= 0.6 is 27.7 Å². The van der Waals surface area contributed by atoms with Crippen molar-refractivity contribution in [3.63, 3.8) is 0 Å². The monoisotopic (exact) mass is 448 g/mol. The van der Waals surface area contributed by atoms with Crippen LogP contribution in [0, 0.1) is 0 Å². The maximum atomic E-state index is 12.2. The summed E-state index contributed by atoms with van der Waals surface area (Å²) in [5.41, 5.74) is 1.18. The van der Waals surface area contributed by atoms with Crippen LogP contribution in [0.4, 0.5) is 5.69 Å². The molecule has 1 heterocycles. The molecule has 0 radical (unpaired) electrons. The lowest BCUT2D eigenvalue weighted by atomic mass is 10.1. The van der Waals surface area contributed by atoms with E-state index in [9.17, 15) is 9.90 Å². The first-order chi connectivity index (χ1) is 13.0. The van der Waals surface area contributed by atoms with E-state index in [1.165, 1.54) is 18.9 Å². The Balaban J connectivity index is 1.83. The summed E-state index contributed by atoms with van der Waals surface area (Å²) in [6, 6.07) is 10.6. The summed E-state index contributed by atoms with van der Waals surface area (Å²) in [6.07, 6.45) is 1.60. The number of methoxy groups -OCH3 is 1. The smallest absolute Gasteiger partial charge is 0.264 e. The van der Waals surface area contributed by atoms with Crippen LogP contribution < -0.4 is 14.8 Å². The molecule has 2 aromatic carbocycles. The van der Waals surface area contributed by atoms with Crippen LogP contribution in [0.5, 0.6) is 17.2 Å². The average Bonchev–Trinajstić information content (AvgIpc) is 2.98. The minimum absolute atomic E-state index is 0.0292. The number of nitrogens with zero attached hydrogens (tertiary/aromatic N) is 1. The molecule has 1 aliphatic heterocycles. The highest BCUT2D eigenvalue weighted by Crippen LogP contribution is 2.37. The largest absolute Gasteiger partial charge is 0.504 e. The zero-order valence-electron chi connectivity index (χ0n) is 14.7. The topological polar surface area (TPSA) is 80.2 Å². The number of carbonyl (C=O) groups is 1. The summed E-state index contributed by atoms with van der Waals surface area (Å²) in [4.78, 5) is 17.1. The third kappa shape index (κ3) is 4.64. The first-order valence-corrected chi connectivity index (χ1v) is 9.70. The lowest BCUT2D eigenvalue weighted by Crippen LogP contribution is -2.19. The zero-order chi connectivity index (χ0) is 19.4. The van der Waals surface area contributed by atoms with Crippen LogP contribution in [0.2, 0.25) is 0 Å². The number of thioether (sulfide) groups is 1. The van der Waals surface area contributed by atoms with Gasteiger partial charge in [0.2, 0.25) is 0 Å². The second kappa shape index (κ2) is 8.49. The van der Waals surface area contributed by atoms with Gasteiger partial charge in [-0.1, -0.05) is 15.9 Å². The van der Waals surface area contributed by atoms with Crippen LogP contribution in [0.15, 0.2) is 50.8 Å². The van der Waals surface area contributed by atoms with E-state index in [-0.39, 0.29) is 11.7 Å². The molecule has 1 aliphatic rings. The number of aromatic hydroxyl groups is 1. The minimum atomic E-state index is -0.275. The molecule has 6 nitrogen and oxygen atoms in total. The Morgan fingerprint density at radius 2 is 2.04 bits per heavy atom. The number of phenols is 1. The molecule has 2 N–H and O–H groups in total. The summed E-state index contributed by atoms with van der Waals surface area (Å²) >= 11 is 4.57. The number of ether oxygens (including phenoxy) is 2. The quantitative estimate of drug-likeness (QED) is 0.660. The standard InChI is InChI=1S/C19H17BrN2O4S/c1-3-26-14-6-4-13(5-7-14)21-19-22-18(24)16(27-19)9-11-8-12(20)10-15(25-2)17(11)23/h4-10,23H,3H2,1-2H3,(H,21,22,24). The fourth-order valence-electron chi connectivity index (χ4n) is 2.38. The molecule has 1 fully saturated rings. The van der Waals surface area contributed by atoms with Gasteiger partial charge in [0.15, 0.2) is 16.7 Å². The van der Waals surface area contributed by atoms with Crippen LogP contribution in [0.3, 0.4) is 0 Å². The summed E-state index contributed by atoms with van der Waals surface area (Å²) in [7, 11) is 1.47. The van der Waals surface area contributed by atoms with Gasteiger partial charge in [-0.3, -0.25) is 4.79 Å². The number of carbonyl (C=O) groups excluding carboxylic acids is 1. The number of amides is 1. The van der Waals surface area contributed by atoms with Gasteiger partial charge in [-0.05, 0) is 61.2 Å². The Hall–Kier alpha value is -2.45. The molecule has 0 saturated carbocycles. The summed E-state index contributed by atoms with van der Waals surface area (Å²) in [5, 5.41) is 13.5. The minimum Gasteiger partial charge on any atom is -0.504 e. The first kappa shape index (κ1) is 19.3. The van der Waals surface area contributed by atoms with Crippen molar-refractivity contribution in [3.8, 4) is 17.2 Å². The molecule has 0 aromatic heterocycles. The van der Waals surface area contributed by atoms with Crippen LogP contribution in [-0.2, 0) is 4.79 Å². The Labute approximate surface area is 169 Å². The number of hydrogen-bond acceptors (Lipinski definition) is 6. The molecule has 0 spiro atoms. The predicted molar refractivity (Wildman–Crippen MR) is 111 cm³/mol. The van der Waals surface area contributed by atoms with E-state index >= 15 is 0 Å². The van der Waals surface area contributed by atoms with Crippen molar-refractivity contribution in [3.05, 3.63) is 51.3 Å². The van der Waals surface area contributed by atoms with Crippen molar-refractivity contribution in [2.45, 2.75) is 6.92 Å². The number of benzene rings is 2. The van der Waals surface area contributed by atoms with Gasteiger partial charge in [0.1, 0.15) is 5.75 Å². The fourth-order valence-corrected chi connectivity index (χ4v) is 3.67. The second-order valence-electron chi connectivity index (χ2n) is 5.45.